The summed E-state index contributed by atoms with van der Waals surface area (Å²) in [5.41, 5.74) is 0.559. The topological polar surface area (TPSA) is 110 Å². The molecule has 0 radical (unpaired) electrons. The Morgan fingerprint density at radius 1 is 1.09 bits per heavy atom. The lowest BCUT2D eigenvalue weighted by atomic mass is 9.90. The summed E-state index contributed by atoms with van der Waals surface area (Å²) in [6, 6.07) is 7.40. The standard InChI is InChI=1S/C16H12O7/c1-22-16(21)13(18)12(17)8-5-6-10-11-7(8)3-2-4-9(11)14(19)23-15(10)20/h2-6,12-13,17-18H,1H3. The third-order valence-electron chi connectivity index (χ3n) is 3.76. The van der Waals surface area contributed by atoms with Crippen LogP contribution in [0.1, 0.15) is 32.4 Å². The predicted octanol–water partition coefficient (Wildman–Crippen LogP) is 0.718. The van der Waals surface area contributed by atoms with Crippen LogP contribution in [0, 0.1) is 0 Å². The molecule has 0 fully saturated rings. The van der Waals surface area contributed by atoms with E-state index in [0.717, 1.165) is 7.11 Å². The summed E-state index contributed by atoms with van der Waals surface area (Å²) >= 11 is 0. The molecule has 0 saturated heterocycles. The van der Waals surface area contributed by atoms with Gasteiger partial charge in [-0.05, 0) is 23.1 Å². The summed E-state index contributed by atoms with van der Waals surface area (Å²) in [6.45, 7) is 0. The zero-order valence-corrected chi connectivity index (χ0v) is 12.0. The molecule has 1 heterocycles. The van der Waals surface area contributed by atoms with Crippen molar-refractivity contribution in [2.45, 2.75) is 12.2 Å². The molecule has 0 saturated carbocycles. The number of hydrogen-bond donors (Lipinski definition) is 2. The fourth-order valence-electron chi connectivity index (χ4n) is 2.64. The number of carbonyl (C=O) groups excluding carboxylic acids is 3. The van der Waals surface area contributed by atoms with Crippen LogP contribution in [-0.2, 0) is 14.3 Å². The molecule has 2 aromatic rings. The Kier molecular flexibility index (Phi) is 3.59. The van der Waals surface area contributed by atoms with Crippen molar-refractivity contribution in [3.8, 4) is 0 Å². The van der Waals surface area contributed by atoms with Gasteiger partial charge in [0.15, 0.2) is 6.10 Å². The normalized spacial score (nSPS) is 16.0. The summed E-state index contributed by atoms with van der Waals surface area (Å²) in [4.78, 5) is 35.1. The average Bonchev–Trinajstić information content (AvgIpc) is 2.57. The van der Waals surface area contributed by atoms with Gasteiger partial charge < -0.3 is 19.7 Å². The van der Waals surface area contributed by atoms with Crippen molar-refractivity contribution in [1.82, 2.24) is 0 Å². The SMILES string of the molecule is COC(=O)C(O)C(O)c1ccc2c3c(cccc13)C(=O)OC2=O. The van der Waals surface area contributed by atoms with Crippen molar-refractivity contribution in [3.63, 3.8) is 0 Å². The highest BCUT2D eigenvalue weighted by Gasteiger charge is 2.32. The second-order valence-corrected chi connectivity index (χ2v) is 5.02. The fourth-order valence-corrected chi connectivity index (χ4v) is 2.64. The van der Waals surface area contributed by atoms with E-state index in [2.05, 4.69) is 9.47 Å². The van der Waals surface area contributed by atoms with E-state index in [1.165, 1.54) is 18.2 Å². The van der Waals surface area contributed by atoms with Crippen LogP contribution in [0.25, 0.3) is 10.8 Å². The molecular formula is C16H12O7. The van der Waals surface area contributed by atoms with Crippen molar-refractivity contribution in [2.24, 2.45) is 0 Å². The maximum absolute atomic E-state index is 11.8. The Balaban J connectivity index is 2.23. The summed E-state index contributed by atoms with van der Waals surface area (Å²) in [5.74, 6) is -2.56. The Bertz CT molecular complexity index is 819. The van der Waals surface area contributed by atoms with Gasteiger partial charge in [-0.1, -0.05) is 18.2 Å². The van der Waals surface area contributed by atoms with Crippen LogP contribution >= 0.6 is 0 Å². The van der Waals surface area contributed by atoms with Crippen LogP contribution < -0.4 is 0 Å². The lowest BCUT2D eigenvalue weighted by Crippen LogP contribution is -2.29. The van der Waals surface area contributed by atoms with Gasteiger partial charge in [0, 0.05) is 5.39 Å². The molecule has 0 aromatic heterocycles. The molecule has 0 spiro atoms. The summed E-state index contributed by atoms with van der Waals surface area (Å²) in [5, 5.41) is 20.8. The monoisotopic (exact) mass is 316 g/mol. The van der Waals surface area contributed by atoms with Gasteiger partial charge in [-0.2, -0.15) is 0 Å². The molecule has 0 aliphatic carbocycles. The molecule has 2 aromatic carbocycles. The minimum absolute atomic E-state index is 0.179. The number of esters is 3. The Labute approximate surface area is 130 Å². The molecule has 23 heavy (non-hydrogen) atoms. The number of methoxy groups -OCH3 is 1. The van der Waals surface area contributed by atoms with E-state index >= 15 is 0 Å². The smallest absolute Gasteiger partial charge is 0.346 e. The van der Waals surface area contributed by atoms with Crippen molar-refractivity contribution in [3.05, 3.63) is 47.0 Å². The Hall–Kier alpha value is -2.77. The van der Waals surface area contributed by atoms with E-state index in [0.29, 0.717) is 10.8 Å². The highest BCUT2D eigenvalue weighted by molar-refractivity contribution is 6.21. The first-order valence-electron chi connectivity index (χ1n) is 6.71. The first kappa shape index (κ1) is 15.1. The average molecular weight is 316 g/mol. The molecule has 3 rings (SSSR count). The van der Waals surface area contributed by atoms with E-state index < -0.39 is 30.1 Å². The van der Waals surface area contributed by atoms with Crippen LogP contribution in [0.3, 0.4) is 0 Å². The number of hydrogen-bond acceptors (Lipinski definition) is 7. The number of aliphatic hydroxyl groups excluding tert-OH is 2. The lowest BCUT2D eigenvalue weighted by molar-refractivity contribution is -0.156. The van der Waals surface area contributed by atoms with Gasteiger partial charge in [-0.25, -0.2) is 14.4 Å². The number of aliphatic hydroxyl groups is 2. The number of benzene rings is 2. The molecule has 118 valence electrons. The summed E-state index contributed by atoms with van der Waals surface area (Å²) in [7, 11) is 1.09. The molecule has 2 N–H and O–H groups in total. The molecule has 0 amide bonds. The maximum Gasteiger partial charge on any atom is 0.346 e. The van der Waals surface area contributed by atoms with Gasteiger partial charge in [-0.3, -0.25) is 0 Å². The zero-order valence-electron chi connectivity index (χ0n) is 12.0. The second kappa shape index (κ2) is 5.45. The van der Waals surface area contributed by atoms with Gasteiger partial charge in [0.05, 0.1) is 18.2 Å². The highest BCUT2D eigenvalue weighted by Crippen LogP contribution is 2.34. The minimum Gasteiger partial charge on any atom is -0.467 e. The fraction of sp³-hybridized carbons (Fsp3) is 0.188. The van der Waals surface area contributed by atoms with Gasteiger partial charge in [0.25, 0.3) is 0 Å². The van der Waals surface area contributed by atoms with Gasteiger partial charge in [0.2, 0.25) is 0 Å². The molecule has 2 atom stereocenters. The predicted molar refractivity (Wildman–Crippen MR) is 76.7 cm³/mol. The molecular weight excluding hydrogens is 304 g/mol. The molecule has 1 aliphatic rings. The molecule has 7 nitrogen and oxygen atoms in total. The van der Waals surface area contributed by atoms with Crippen molar-refractivity contribution >= 4 is 28.7 Å². The summed E-state index contributed by atoms with van der Waals surface area (Å²) < 4.78 is 9.05. The van der Waals surface area contributed by atoms with Crippen molar-refractivity contribution in [1.29, 1.82) is 0 Å². The molecule has 1 aliphatic heterocycles. The highest BCUT2D eigenvalue weighted by atomic mass is 16.6. The van der Waals surface area contributed by atoms with E-state index in [1.54, 1.807) is 12.1 Å². The minimum atomic E-state index is -1.79. The van der Waals surface area contributed by atoms with Crippen LogP contribution in [0.5, 0.6) is 0 Å². The van der Waals surface area contributed by atoms with Crippen LogP contribution in [0.2, 0.25) is 0 Å². The van der Waals surface area contributed by atoms with Crippen molar-refractivity contribution < 1.29 is 34.1 Å². The van der Waals surface area contributed by atoms with Crippen LogP contribution in [0.4, 0.5) is 0 Å². The number of rotatable bonds is 3. The van der Waals surface area contributed by atoms with E-state index in [9.17, 15) is 24.6 Å². The number of cyclic esters (lactones) is 2. The molecule has 0 bridgehead atoms. The second-order valence-electron chi connectivity index (χ2n) is 5.02. The maximum atomic E-state index is 11.8. The number of carbonyl (C=O) groups is 3. The first-order chi connectivity index (χ1) is 11.0. The van der Waals surface area contributed by atoms with E-state index in [-0.39, 0.29) is 16.7 Å². The van der Waals surface area contributed by atoms with E-state index in [4.69, 9.17) is 0 Å². The lowest BCUT2D eigenvalue weighted by Gasteiger charge is -2.21. The first-order valence-corrected chi connectivity index (χ1v) is 6.71. The van der Waals surface area contributed by atoms with Gasteiger partial charge in [-0.15, -0.1) is 0 Å². The van der Waals surface area contributed by atoms with Crippen LogP contribution in [-0.4, -0.2) is 41.3 Å². The van der Waals surface area contributed by atoms with Crippen molar-refractivity contribution in [2.75, 3.05) is 7.11 Å². The third-order valence-corrected chi connectivity index (χ3v) is 3.76. The quantitative estimate of drug-likeness (QED) is 0.634. The molecule has 2 unspecified atom stereocenters. The third kappa shape index (κ3) is 2.26. The Morgan fingerprint density at radius 2 is 1.74 bits per heavy atom. The van der Waals surface area contributed by atoms with Gasteiger partial charge >= 0.3 is 17.9 Å². The summed E-state index contributed by atoms with van der Waals surface area (Å²) in [6.07, 6.45) is -3.36. The largest absolute Gasteiger partial charge is 0.467 e. The van der Waals surface area contributed by atoms with Gasteiger partial charge in [0.1, 0.15) is 6.10 Å². The van der Waals surface area contributed by atoms with E-state index in [1.807, 2.05) is 0 Å². The zero-order chi connectivity index (χ0) is 16.7. The van der Waals surface area contributed by atoms with Crippen LogP contribution in [0.15, 0.2) is 30.3 Å². The number of ether oxygens (including phenoxy) is 2. The Morgan fingerprint density at radius 3 is 2.39 bits per heavy atom. The molecule has 7 heteroatoms.